The predicted molar refractivity (Wildman–Crippen MR) is 68.9 cm³/mol. The Balaban J connectivity index is 1.94. The first-order chi connectivity index (χ1) is 9.49. The molecule has 0 heterocycles. The number of hydrogen-bond donors (Lipinski definition) is 2. The van der Waals surface area contributed by atoms with E-state index in [0.717, 1.165) is 5.56 Å². The van der Waals surface area contributed by atoms with E-state index in [1.807, 2.05) is 0 Å². The average Bonchev–Trinajstić information content (AvgIpc) is 3.26. The lowest BCUT2D eigenvalue weighted by Gasteiger charge is -2.13. The highest BCUT2D eigenvalue weighted by molar-refractivity contribution is 6.05. The molecule has 2 rings (SSSR count). The molecule has 0 aliphatic heterocycles. The van der Waals surface area contributed by atoms with Gasteiger partial charge < -0.3 is 15.2 Å². The molecule has 20 heavy (non-hydrogen) atoms. The Morgan fingerprint density at radius 2 is 1.85 bits per heavy atom. The van der Waals surface area contributed by atoms with E-state index in [0.29, 0.717) is 12.8 Å². The number of ether oxygens (including phenoxy) is 1. The number of carbonyl (C=O) groups is 3. The topological polar surface area (TPSA) is 92.7 Å². The summed E-state index contributed by atoms with van der Waals surface area (Å²) in [7, 11) is 1.26. The molecule has 106 valence electrons. The molecule has 1 fully saturated rings. The SMILES string of the molecule is COC(=O)C1(C(=O)NCc2ccc(C(=O)O)cc2)CC1. The van der Waals surface area contributed by atoms with Gasteiger partial charge in [-0.1, -0.05) is 12.1 Å². The van der Waals surface area contributed by atoms with Crippen molar-refractivity contribution in [2.75, 3.05) is 7.11 Å². The Hall–Kier alpha value is -2.37. The van der Waals surface area contributed by atoms with Crippen LogP contribution >= 0.6 is 0 Å². The van der Waals surface area contributed by atoms with E-state index < -0.39 is 17.4 Å². The maximum Gasteiger partial charge on any atom is 0.335 e. The number of carbonyl (C=O) groups excluding carboxylic acids is 2. The van der Waals surface area contributed by atoms with Crippen LogP contribution < -0.4 is 5.32 Å². The van der Waals surface area contributed by atoms with Crippen molar-refractivity contribution in [2.45, 2.75) is 19.4 Å². The first-order valence-electron chi connectivity index (χ1n) is 6.18. The van der Waals surface area contributed by atoms with Crippen molar-refractivity contribution in [3.8, 4) is 0 Å². The lowest BCUT2D eigenvalue weighted by molar-refractivity contribution is -0.152. The number of amides is 1. The summed E-state index contributed by atoms with van der Waals surface area (Å²) in [5.41, 5.74) is -0.0623. The molecule has 0 spiro atoms. The fourth-order valence-corrected chi connectivity index (χ4v) is 1.96. The molecular weight excluding hydrogens is 262 g/mol. The van der Waals surface area contributed by atoms with Gasteiger partial charge in [0.2, 0.25) is 5.91 Å². The third-order valence-corrected chi connectivity index (χ3v) is 3.41. The van der Waals surface area contributed by atoms with Gasteiger partial charge in [-0.2, -0.15) is 0 Å². The van der Waals surface area contributed by atoms with Gasteiger partial charge in [-0.25, -0.2) is 4.79 Å². The van der Waals surface area contributed by atoms with E-state index in [-0.39, 0.29) is 18.0 Å². The van der Waals surface area contributed by atoms with Crippen LogP contribution in [0.4, 0.5) is 0 Å². The van der Waals surface area contributed by atoms with E-state index in [9.17, 15) is 14.4 Å². The molecule has 0 radical (unpaired) electrons. The minimum absolute atomic E-state index is 0.188. The number of esters is 1. The van der Waals surface area contributed by atoms with Crippen molar-refractivity contribution in [1.82, 2.24) is 5.32 Å². The van der Waals surface area contributed by atoms with Crippen LogP contribution in [0.25, 0.3) is 0 Å². The van der Waals surface area contributed by atoms with Crippen LogP contribution in [0.5, 0.6) is 0 Å². The third kappa shape index (κ3) is 2.64. The molecule has 1 saturated carbocycles. The van der Waals surface area contributed by atoms with E-state index in [4.69, 9.17) is 5.11 Å². The molecule has 0 bridgehead atoms. The van der Waals surface area contributed by atoms with Crippen LogP contribution in [0, 0.1) is 5.41 Å². The minimum Gasteiger partial charge on any atom is -0.478 e. The highest BCUT2D eigenvalue weighted by Crippen LogP contribution is 2.46. The van der Waals surface area contributed by atoms with Gasteiger partial charge >= 0.3 is 11.9 Å². The van der Waals surface area contributed by atoms with Crippen molar-refractivity contribution in [3.05, 3.63) is 35.4 Å². The van der Waals surface area contributed by atoms with E-state index >= 15 is 0 Å². The Kier molecular flexibility index (Phi) is 3.74. The first-order valence-corrected chi connectivity index (χ1v) is 6.18. The smallest absolute Gasteiger partial charge is 0.335 e. The van der Waals surface area contributed by atoms with Gasteiger partial charge in [0.1, 0.15) is 5.41 Å². The fourth-order valence-electron chi connectivity index (χ4n) is 1.96. The molecule has 1 aromatic rings. The van der Waals surface area contributed by atoms with Gasteiger partial charge in [-0.05, 0) is 30.5 Å². The normalized spacial score (nSPS) is 15.2. The lowest BCUT2D eigenvalue weighted by Crippen LogP contribution is -2.37. The highest BCUT2D eigenvalue weighted by atomic mass is 16.5. The van der Waals surface area contributed by atoms with Gasteiger partial charge in [-0.15, -0.1) is 0 Å². The monoisotopic (exact) mass is 277 g/mol. The van der Waals surface area contributed by atoms with E-state index in [1.54, 1.807) is 12.1 Å². The Morgan fingerprint density at radius 1 is 1.25 bits per heavy atom. The summed E-state index contributed by atoms with van der Waals surface area (Å²) in [6, 6.07) is 6.19. The zero-order valence-corrected chi connectivity index (χ0v) is 11.0. The van der Waals surface area contributed by atoms with Crippen LogP contribution in [-0.2, 0) is 20.9 Å². The molecule has 6 nitrogen and oxygen atoms in total. The quantitative estimate of drug-likeness (QED) is 0.617. The number of aromatic carboxylic acids is 1. The van der Waals surface area contributed by atoms with Crippen molar-refractivity contribution < 1.29 is 24.2 Å². The Labute approximate surface area is 115 Å². The van der Waals surface area contributed by atoms with Crippen LogP contribution in [0.2, 0.25) is 0 Å². The van der Waals surface area contributed by atoms with E-state index in [2.05, 4.69) is 10.1 Å². The number of carboxylic acids is 1. The molecule has 6 heteroatoms. The molecule has 1 aliphatic rings. The average molecular weight is 277 g/mol. The van der Waals surface area contributed by atoms with Gasteiger partial charge in [0, 0.05) is 6.54 Å². The Bertz CT molecular complexity index is 545. The fraction of sp³-hybridized carbons (Fsp3) is 0.357. The summed E-state index contributed by atoms with van der Waals surface area (Å²) in [6.45, 7) is 0.247. The summed E-state index contributed by atoms with van der Waals surface area (Å²) < 4.78 is 4.63. The lowest BCUT2D eigenvalue weighted by atomic mass is 10.1. The summed E-state index contributed by atoms with van der Waals surface area (Å²) in [4.78, 5) is 34.2. The molecule has 2 N–H and O–H groups in total. The molecule has 1 aliphatic carbocycles. The maximum absolute atomic E-state index is 12.0. The first kappa shape index (κ1) is 14.0. The third-order valence-electron chi connectivity index (χ3n) is 3.41. The summed E-state index contributed by atoms with van der Waals surface area (Å²) in [5.74, 6) is -1.84. The largest absolute Gasteiger partial charge is 0.478 e. The van der Waals surface area contributed by atoms with Gasteiger partial charge in [0.25, 0.3) is 0 Å². The van der Waals surface area contributed by atoms with Gasteiger partial charge in [-0.3, -0.25) is 9.59 Å². The molecule has 1 aromatic carbocycles. The number of benzene rings is 1. The molecule has 1 amide bonds. The minimum atomic E-state index is -1.02. The number of methoxy groups -OCH3 is 1. The van der Waals surface area contributed by atoms with Crippen LogP contribution in [0.1, 0.15) is 28.8 Å². The van der Waals surface area contributed by atoms with Crippen LogP contribution in [-0.4, -0.2) is 30.1 Å². The number of rotatable bonds is 5. The molecular formula is C14H15NO5. The Morgan fingerprint density at radius 3 is 2.30 bits per heavy atom. The molecule has 0 aromatic heterocycles. The van der Waals surface area contributed by atoms with Crippen molar-refractivity contribution in [2.24, 2.45) is 5.41 Å². The van der Waals surface area contributed by atoms with Crippen molar-refractivity contribution in [3.63, 3.8) is 0 Å². The summed E-state index contributed by atoms with van der Waals surface area (Å²) in [6.07, 6.45) is 1.01. The number of hydrogen-bond acceptors (Lipinski definition) is 4. The zero-order chi connectivity index (χ0) is 14.8. The standard InChI is InChI=1S/C14H15NO5/c1-20-13(19)14(6-7-14)12(18)15-8-9-2-4-10(5-3-9)11(16)17/h2-5H,6-8H2,1H3,(H,15,18)(H,16,17). The van der Waals surface area contributed by atoms with E-state index in [1.165, 1.54) is 19.2 Å². The second kappa shape index (κ2) is 5.32. The van der Waals surface area contributed by atoms with Crippen molar-refractivity contribution >= 4 is 17.8 Å². The zero-order valence-electron chi connectivity index (χ0n) is 11.0. The summed E-state index contributed by atoms with van der Waals surface area (Å²) >= 11 is 0. The van der Waals surface area contributed by atoms with Gasteiger partial charge in [0.05, 0.1) is 12.7 Å². The van der Waals surface area contributed by atoms with Crippen LogP contribution in [0.3, 0.4) is 0 Å². The highest BCUT2D eigenvalue weighted by Gasteiger charge is 2.57. The predicted octanol–water partition coefficient (Wildman–Crippen LogP) is 0.954. The summed E-state index contributed by atoms with van der Waals surface area (Å²) in [5, 5.41) is 11.5. The van der Waals surface area contributed by atoms with Crippen LogP contribution in [0.15, 0.2) is 24.3 Å². The number of carboxylic acid groups (broad SMARTS) is 1. The maximum atomic E-state index is 12.0. The second-order valence-corrected chi connectivity index (χ2v) is 4.76. The number of nitrogens with one attached hydrogen (secondary N) is 1. The molecule has 0 atom stereocenters. The molecule has 0 unspecified atom stereocenters. The molecule has 0 saturated heterocycles. The second-order valence-electron chi connectivity index (χ2n) is 4.76. The van der Waals surface area contributed by atoms with Crippen molar-refractivity contribution in [1.29, 1.82) is 0 Å². The van der Waals surface area contributed by atoms with Gasteiger partial charge in [0.15, 0.2) is 0 Å².